The van der Waals surface area contributed by atoms with Crippen molar-refractivity contribution < 1.29 is 19.4 Å². The Hall–Kier alpha value is -2.24. The number of rotatable bonds is 3. The number of hydrogen-bond donors (Lipinski definition) is 3. The number of amides is 2. The number of methoxy groups -OCH3 is 1. The number of nitrogens with one attached hydrogen (secondary N) is 2. The van der Waals surface area contributed by atoms with Gasteiger partial charge in [-0.1, -0.05) is 0 Å². The van der Waals surface area contributed by atoms with Gasteiger partial charge in [-0.3, -0.25) is 9.59 Å². The lowest BCUT2D eigenvalue weighted by molar-refractivity contribution is -0.124. The minimum Gasteiger partial charge on any atom is -0.504 e. The van der Waals surface area contributed by atoms with Crippen LogP contribution in [0.25, 0.3) is 0 Å². The van der Waals surface area contributed by atoms with Gasteiger partial charge in [-0.05, 0) is 31.0 Å². The van der Waals surface area contributed by atoms with Crippen molar-refractivity contribution in [3.63, 3.8) is 0 Å². The van der Waals surface area contributed by atoms with Crippen LogP contribution < -0.4 is 15.4 Å². The summed E-state index contributed by atoms with van der Waals surface area (Å²) < 4.78 is 4.90. The van der Waals surface area contributed by atoms with E-state index in [9.17, 15) is 14.7 Å². The highest BCUT2D eigenvalue weighted by Crippen LogP contribution is 2.26. The van der Waals surface area contributed by atoms with Gasteiger partial charge in [0.15, 0.2) is 11.5 Å². The number of ether oxygens (including phenoxy) is 1. The van der Waals surface area contributed by atoms with Crippen molar-refractivity contribution in [2.24, 2.45) is 0 Å². The summed E-state index contributed by atoms with van der Waals surface area (Å²) >= 11 is 0. The van der Waals surface area contributed by atoms with E-state index >= 15 is 0 Å². The van der Waals surface area contributed by atoms with Crippen LogP contribution in [0.1, 0.15) is 23.2 Å². The van der Waals surface area contributed by atoms with E-state index in [1.165, 1.54) is 25.3 Å². The quantitative estimate of drug-likeness (QED) is 0.738. The Morgan fingerprint density at radius 3 is 2.95 bits per heavy atom. The Morgan fingerprint density at radius 1 is 1.53 bits per heavy atom. The fourth-order valence-corrected chi connectivity index (χ4v) is 1.98. The van der Waals surface area contributed by atoms with Crippen LogP contribution in [0.4, 0.5) is 0 Å². The molecule has 0 saturated carbocycles. The molecule has 102 valence electrons. The molecule has 1 saturated heterocycles. The molecule has 6 nitrogen and oxygen atoms in total. The molecule has 19 heavy (non-hydrogen) atoms. The molecule has 2 rings (SSSR count). The van der Waals surface area contributed by atoms with E-state index in [0.717, 1.165) is 6.42 Å². The smallest absolute Gasteiger partial charge is 0.252 e. The van der Waals surface area contributed by atoms with Crippen LogP contribution in [0, 0.1) is 0 Å². The van der Waals surface area contributed by atoms with Gasteiger partial charge in [0.05, 0.1) is 7.11 Å². The third-order valence-electron chi connectivity index (χ3n) is 3.03. The Bertz CT molecular complexity index is 501. The van der Waals surface area contributed by atoms with E-state index in [0.29, 0.717) is 18.7 Å². The molecule has 0 bridgehead atoms. The van der Waals surface area contributed by atoms with Crippen molar-refractivity contribution in [3.8, 4) is 11.5 Å². The first kappa shape index (κ1) is 13.2. The van der Waals surface area contributed by atoms with Crippen molar-refractivity contribution in [2.75, 3.05) is 13.7 Å². The van der Waals surface area contributed by atoms with Crippen molar-refractivity contribution in [2.45, 2.75) is 18.9 Å². The highest BCUT2D eigenvalue weighted by Gasteiger charge is 2.24. The zero-order valence-electron chi connectivity index (χ0n) is 10.6. The van der Waals surface area contributed by atoms with Crippen LogP contribution in [0.3, 0.4) is 0 Å². The summed E-state index contributed by atoms with van der Waals surface area (Å²) in [6, 6.07) is 3.85. The second-order valence-electron chi connectivity index (χ2n) is 4.35. The first-order valence-electron chi connectivity index (χ1n) is 6.07. The molecule has 6 heteroatoms. The van der Waals surface area contributed by atoms with Crippen LogP contribution in [0.5, 0.6) is 11.5 Å². The molecule has 0 aliphatic carbocycles. The lowest BCUT2D eigenvalue weighted by atomic mass is 10.1. The number of carbonyl (C=O) groups excluding carboxylic acids is 2. The van der Waals surface area contributed by atoms with Crippen LogP contribution in [0.15, 0.2) is 18.2 Å². The molecule has 1 aromatic rings. The normalized spacial score (nSPS) is 18.6. The SMILES string of the molecule is COc1ccc(C(=O)NC2CCCNC2=O)cc1O. The topological polar surface area (TPSA) is 87.7 Å². The minimum absolute atomic E-state index is 0.108. The highest BCUT2D eigenvalue weighted by molar-refractivity contribution is 5.98. The monoisotopic (exact) mass is 264 g/mol. The molecule has 1 aliphatic heterocycles. The molecule has 1 heterocycles. The Kier molecular flexibility index (Phi) is 3.89. The third kappa shape index (κ3) is 2.96. The summed E-state index contributed by atoms with van der Waals surface area (Å²) in [5, 5.41) is 15.0. The average molecular weight is 264 g/mol. The summed E-state index contributed by atoms with van der Waals surface area (Å²) in [4.78, 5) is 23.5. The standard InChI is InChI=1S/C13H16N2O4/c1-19-11-5-4-8(7-10(11)16)12(17)15-9-3-2-6-14-13(9)18/h4-5,7,9,16H,2-3,6H2,1H3,(H,14,18)(H,15,17). The summed E-state index contributed by atoms with van der Waals surface area (Å²) in [6.45, 7) is 0.647. The molecule has 1 atom stereocenters. The third-order valence-corrected chi connectivity index (χ3v) is 3.03. The number of piperidine rings is 1. The van der Waals surface area contributed by atoms with E-state index in [1.54, 1.807) is 0 Å². The van der Waals surface area contributed by atoms with Crippen LogP contribution in [0.2, 0.25) is 0 Å². The molecule has 1 fully saturated rings. The van der Waals surface area contributed by atoms with Crippen LogP contribution in [-0.2, 0) is 4.79 Å². The molecule has 0 spiro atoms. The van der Waals surface area contributed by atoms with Crippen LogP contribution in [-0.4, -0.2) is 36.6 Å². The fourth-order valence-electron chi connectivity index (χ4n) is 1.98. The Labute approximate surface area is 110 Å². The van der Waals surface area contributed by atoms with Gasteiger partial charge < -0.3 is 20.5 Å². The van der Waals surface area contributed by atoms with Crippen molar-refractivity contribution in [1.29, 1.82) is 0 Å². The van der Waals surface area contributed by atoms with E-state index in [-0.39, 0.29) is 23.1 Å². The van der Waals surface area contributed by atoms with Gasteiger partial charge in [0, 0.05) is 12.1 Å². The zero-order chi connectivity index (χ0) is 13.8. The average Bonchev–Trinajstić information content (AvgIpc) is 2.41. The van der Waals surface area contributed by atoms with Gasteiger partial charge in [-0.2, -0.15) is 0 Å². The number of hydrogen-bond acceptors (Lipinski definition) is 4. The molecule has 3 N–H and O–H groups in total. The van der Waals surface area contributed by atoms with Gasteiger partial charge in [-0.25, -0.2) is 0 Å². The second-order valence-corrected chi connectivity index (χ2v) is 4.35. The van der Waals surface area contributed by atoms with Gasteiger partial charge in [0.25, 0.3) is 5.91 Å². The zero-order valence-corrected chi connectivity index (χ0v) is 10.6. The predicted molar refractivity (Wildman–Crippen MR) is 68.2 cm³/mol. The summed E-state index contributed by atoms with van der Waals surface area (Å²) in [7, 11) is 1.43. The summed E-state index contributed by atoms with van der Waals surface area (Å²) in [5.41, 5.74) is 0.289. The minimum atomic E-state index is -0.509. The lowest BCUT2D eigenvalue weighted by Crippen LogP contribution is -2.50. The van der Waals surface area contributed by atoms with Crippen molar-refractivity contribution in [3.05, 3.63) is 23.8 Å². The largest absolute Gasteiger partial charge is 0.504 e. The lowest BCUT2D eigenvalue weighted by Gasteiger charge is -2.22. The number of phenolic OH excluding ortho intramolecular Hbond substituents is 1. The van der Waals surface area contributed by atoms with Gasteiger partial charge >= 0.3 is 0 Å². The summed E-state index contributed by atoms with van der Waals surface area (Å²) in [5.74, 6) is -0.368. The first-order chi connectivity index (χ1) is 9.11. The maximum absolute atomic E-state index is 12.0. The molecule has 1 aromatic carbocycles. The maximum atomic E-state index is 12.0. The Balaban J connectivity index is 2.07. The molecule has 2 amide bonds. The molecule has 0 radical (unpaired) electrons. The number of phenols is 1. The second kappa shape index (κ2) is 5.60. The molecular weight excluding hydrogens is 248 g/mol. The molecular formula is C13H16N2O4. The molecule has 1 unspecified atom stereocenters. The molecule has 0 aromatic heterocycles. The number of carbonyl (C=O) groups is 2. The van der Waals surface area contributed by atoms with Gasteiger partial charge in [0.1, 0.15) is 6.04 Å². The maximum Gasteiger partial charge on any atom is 0.252 e. The van der Waals surface area contributed by atoms with E-state index in [1.807, 2.05) is 0 Å². The first-order valence-corrected chi connectivity index (χ1v) is 6.07. The van der Waals surface area contributed by atoms with Crippen molar-refractivity contribution >= 4 is 11.8 Å². The van der Waals surface area contributed by atoms with E-state index in [4.69, 9.17) is 4.74 Å². The van der Waals surface area contributed by atoms with E-state index < -0.39 is 6.04 Å². The highest BCUT2D eigenvalue weighted by atomic mass is 16.5. The predicted octanol–water partition coefficient (Wildman–Crippen LogP) is 0.409. The van der Waals surface area contributed by atoms with Gasteiger partial charge in [0.2, 0.25) is 5.91 Å². The van der Waals surface area contributed by atoms with Gasteiger partial charge in [-0.15, -0.1) is 0 Å². The molecule has 1 aliphatic rings. The van der Waals surface area contributed by atoms with Crippen LogP contribution >= 0.6 is 0 Å². The Morgan fingerprint density at radius 2 is 2.32 bits per heavy atom. The fraction of sp³-hybridized carbons (Fsp3) is 0.385. The van der Waals surface area contributed by atoms with Crippen molar-refractivity contribution in [1.82, 2.24) is 10.6 Å². The van der Waals surface area contributed by atoms with E-state index in [2.05, 4.69) is 10.6 Å². The number of benzene rings is 1. The number of aromatic hydroxyl groups is 1. The summed E-state index contributed by atoms with van der Waals surface area (Å²) in [6.07, 6.45) is 1.46.